The Bertz CT molecular complexity index is 662. The van der Waals surface area contributed by atoms with Gasteiger partial charge in [-0.3, -0.25) is 9.80 Å². The van der Waals surface area contributed by atoms with Crippen molar-refractivity contribution in [3.63, 3.8) is 0 Å². The maximum absolute atomic E-state index is 5.55. The molecule has 0 aliphatic carbocycles. The van der Waals surface area contributed by atoms with Crippen LogP contribution in [0.5, 0.6) is 5.75 Å². The Morgan fingerprint density at radius 3 is 2.67 bits per heavy atom. The Hall–Kier alpha value is -1.85. The first-order valence-corrected chi connectivity index (χ1v) is 8.63. The summed E-state index contributed by atoms with van der Waals surface area (Å²) >= 11 is 0. The van der Waals surface area contributed by atoms with E-state index in [1.165, 1.54) is 37.1 Å². The molecule has 1 aromatic heterocycles. The molecular formula is C19H27N3O2. The summed E-state index contributed by atoms with van der Waals surface area (Å²) in [6.45, 7) is 6.93. The number of hydrogen-bond donors (Lipinski definition) is 0. The van der Waals surface area contributed by atoms with E-state index in [-0.39, 0.29) is 0 Å². The molecule has 1 saturated heterocycles. The van der Waals surface area contributed by atoms with Crippen molar-refractivity contribution in [2.24, 2.45) is 0 Å². The Labute approximate surface area is 144 Å². The number of hydrogen-bond acceptors (Lipinski definition) is 5. The smallest absolute Gasteiger partial charge is 0.150 e. The van der Waals surface area contributed by atoms with Crippen LogP contribution in [0.3, 0.4) is 0 Å². The van der Waals surface area contributed by atoms with Crippen molar-refractivity contribution in [2.45, 2.75) is 39.4 Å². The van der Waals surface area contributed by atoms with E-state index in [0.29, 0.717) is 0 Å². The van der Waals surface area contributed by atoms with E-state index in [9.17, 15) is 0 Å². The van der Waals surface area contributed by atoms with E-state index in [0.717, 1.165) is 36.8 Å². The summed E-state index contributed by atoms with van der Waals surface area (Å²) < 4.78 is 10.9. The molecule has 0 amide bonds. The summed E-state index contributed by atoms with van der Waals surface area (Å²) in [4.78, 5) is 4.74. The summed E-state index contributed by atoms with van der Waals surface area (Å²) in [5.74, 6) is 1.89. The summed E-state index contributed by atoms with van der Waals surface area (Å²) in [6.07, 6.45) is 2.61. The first-order valence-electron chi connectivity index (χ1n) is 8.63. The van der Waals surface area contributed by atoms with Gasteiger partial charge in [0.2, 0.25) is 0 Å². The third kappa shape index (κ3) is 4.36. The van der Waals surface area contributed by atoms with Crippen molar-refractivity contribution in [3.05, 3.63) is 46.8 Å². The van der Waals surface area contributed by atoms with Gasteiger partial charge in [-0.15, -0.1) is 0 Å². The molecule has 3 rings (SSSR count). The van der Waals surface area contributed by atoms with Crippen molar-refractivity contribution in [2.75, 3.05) is 27.2 Å². The molecule has 0 atom stereocenters. The number of benzene rings is 1. The predicted octanol–water partition coefficient (Wildman–Crippen LogP) is 3.22. The van der Waals surface area contributed by atoms with Gasteiger partial charge in [0, 0.05) is 24.7 Å². The summed E-state index contributed by atoms with van der Waals surface area (Å²) in [5.41, 5.74) is 3.50. The number of aromatic nitrogens is 1. The minimum Gasteiger partial charge on any atom is -0.496 e. The van der Waals surface area contributed by atoms with Crippen molar-refractivity contribution < 1.29 is 9.26 Å². The van der Waals surface area contributed by atoms with Crippen LogP contribution in [-0.2, 0) is 19.6 Å². The number of likely N-dealkylation sites (tertiary alicyclic amines) is 1. The number of ether oxygens (including phenoxy) is 1. The molecule has 1 aliphatic rings. The van der Waals surface area contributed by atoms with E-state index in [1.807, 2.05) is 13.0 Å². The van der Waals surface area contributed by atoms with Crippen LogP contribution in [0.4, 0.5) is 0 Å². The van der Waals surface area contributed by atoms with Crippen LogP contribution >= 0.6 is 0 Å². The SMILES string of the molecule is COc1ccc(CN(C)Cc2cc(C)no2)cc1CN1CCCC1. The normalized spacial score (nSPS) is 15.3. The van der Waals surface area contributed by atoms with Crippen LogP contribution in [0.15, 0.2) is 28.8 Å². The van der Waals surface area contributed by atoms with Gasteiger partial charge in [-0.05, 0) is 57.6 Å². The molecule has 5 heteroatoms. The molecule has 0 N–H and O–H groups in total. The third-order valence-electron chi connectivity index (χ3n) is 4.49. The van der Waals surface area contributed by atoms with Crippen molar-refractivity contribution in [1.82, 2.24) is 15.0 Å². The lowest BCUT2D eigenvalue weighted by molar-refractivity contribution is 0.265. The van der Waals surface area contributed by atoms with Crippen LogP contribution in [0.1, 0.15) is 35.4 Å². The lowest BCUT2D eigenvalue weighted by atomic mass is 10.1. The fourth-order valence-electron chi connectivity index (χ4n) is 3.36. The van der Waals surface area contributed by atoms with Crippen LogP contribution < -0.4 is 4.74 Å². The van der Waals surface area contributed by atoms with Gasteiger partial charge >= 0.3 is 0 Å². The van der Waals surface area contributed by atoms with Crippen LogP contribution in [0.2, 0.25) is 0 Å². The van der Waals surface area contributed by atoms with Gasteiger partial charge in [-0.2, -0.15) is 0 Å². The van der Waals surface area contributed by atoms with Crippen molar-refractivity contribution in [1.29, 1.82) is 0 Å². The molecular weight excluding hydrogens is 302 g/mol. The minimum absolute atomic E-state index is 0.758. The molecule has 2 heterocycles. The summed E-state index contributed by atoms with van der Waals surface area (Å²) in [5, 5.41) is 3.95. The van der Waals surface area contributed by atoms with Gasteiger partial charge in [-0.25, -0.2) is 0 Å². The standard InChI is InChI=1S/C19H27N3O2/c1-15-10-18(24-20-15)14-21(2)12-16-6-7-19(23-3)17(11-16)13-22-8-4-5-9-22/h6-7,10-11H,4-5,8-9,12-14H2,1-3H3. The van der Waals surface area contributed by atoms with Crippen molar-refractivity contribution in [3.8, 4) is 5.75 Å². The number of aryl methyl sites for hydroxylation is 1. The summed E-state index contributed by atoms with van der Waals surface area (Å²) in [7, 11) is 3.85. The predicted molar refractivity (Wildman–Crippen MR) is 93.9 cm³/mol. The van der Waals surface area contributed by atoms with E-state index >= 15 is 0 Å². The zero-order valence-corrected chi connectivity index (χ0v) is 14.9. The topological polar surface area (TPSA) is 41.7 Å². The first-order chi connectivity index (χ1) is 11.6. The second-order valence-corrected chi connectivity index (χ2v) is 6.74. The largest absolute Gasteiger partial charge is 0.496 e. The maximum Gasteiger partial charge on any atom is 0.150 e. The van der Waals surface area contributed by atoms with Crippen LogP contribution in [0, 0.1) is 6.92 Å². The Balaban J connectivity index is 1.66. The summed E-state index contributed by atoms with van der Waals surface area (Å²) in [6, 6.07) is 8.50. The fraction of sp³-hybridized carbons (Fsp3) is 0.526. The molecule has 0 spiro atoms. The molecule has 5 nitrogen and oxygen atoms in total. The second kappa shape index (κ2) is 7.81. The highest BCUT2D eigenvalue weighted by atomic mass is 16.5. The lowest BCUT2D eigenvalue weighted by Crippen LogP contribution is -2.20. The highest BCUT2D eigenvalue weighted by Crippen LogP contribution is 2.24. The fourth-order valence-corrected chi connectivity index (χ4v) is 3.36. The number of nitrogens with zero attached hydrogens (tertiary/aromatic N) is 3. The average molecular weight is 329 g/mol. The van der Waals surface area contributed by atoms with Gasteiger partial charge in [0.05, 0.1) is 19.3 Å². The zero-order valence-electron chi connectivity index (χ0n) is 14.9. The molecule has 0 bridgehead atoms. The number of methoxy groups -OCH3 is 1. The molecule has 1 aliphatic heterocycles. The van der Waals surface area contributed by atoms with Crippen LogP contribution in [0.25, 0.3) is 0 Å². The van der Waals surface area contributed by atoms with Crippen LogP contribution in [-0.4, -0.2) is 42.2 Å². The Morgan fingerprint density at radius 2 is 2.00 bits per heavy atom. The Kier molecular flexibility index (Phi) is 5.53. The number of rotatable bonds is 7. The molecule has 0 saturated carbocycles. The highest BCUT2D eigenvalue weighted by Gasteiger charge is 2.15. The van der Waals surface area contributed by atoms with Gasteiger partial charge in [0.25, 0.3) is 0 Å². The quantitative estimate of drug-likeness (QED) is 0.780. The maximum atomic E-state index is 5.55. The van der Waals surface area contributed by atoms with E-state index in [1.54, 1.807) is 7.11 Å². The molecule has 2 aromatic rings. The van der Waals surface area contributed by atoms with Gasteiger partial charge < -0.3 is 9.26 Å². The zero-order chi connectivity index (χ0) is 16.9. The average Bonchev–Trinajstić information content (AvgIpc) is 3.19. The molecule has 24 heavy (non-hydrogen) atoms. The minimum atomic E-state index is 0.758. The monoisotopic (exact) mass is 329 g/mol. The first kappa shape index (κ1) is 17.0. The lowest BCUT2D eigenvalue weighted by Gasteiger charge is -2.19. The Morgan fingerprint density at radius 1 is 1.21 bits per heavy atom. The van der Waals surface area contributed by atoms with Crippen molar-refractivity contribution >= 4 is 0 Å². The van der Waals surface area contributed by atoms with E-state index in [2.05, 4.69) is 40.2 Å². The molecule has 0 unspecified atom stereocenters. The highest BCUT2D eigenvalue weighted by molar-refractivity contribution is 5.37. The van der Waals surface area contributed by atoms with E-state index < -0.39 is 0 Å². The van der Waals surface area contributed by atoms with Gasteiger partial charge in [0.1, 0.15) is 5.75 Å². The molecule has 0 radical (unpaired) electrons. The third-order valence-corrected chi connectivity index (χ3v) is 4.49. The van der Waals surface area contributed by atoms with E-state index in [4.69, 9.17) is 9.26 Å². The second-order valence-electron chi connectivity index (χ2n) is 6.74. The molecule has 1 fully saturated rings. The van der Waals surface area contributed by atoms with Gasteiger partial charge in [0.15, 0.2) is 5.76 Å². The molecule has 1 aromatic carbocycles. The molecule has 130 valence electrons. The van der Waals surface area contributed by atoms with Gasteiger partial charge in [-0.1, -0.05) is 11.2 Å².